The van der Waals surface area contributed by atoms with Crippen molar-refractivity contribution in [1.29, 1.82) is 0 Å². The van der Waals surface area contributed by atoms with E-state index in [0.717, 1.165) is 12.1 Å². The van der Waals surface area contributed by atoms with Crippen molar-refractivity contribution in [3.05, 3.63) is 42.1 Å². The Morgan fingerprint density at radius 2 is 2.00 bits per heavy atom. The van der Waals surface area contributed by atoms with Gasteiger partial charge in [-0.25, -0.2) is 0 Å². The highest BCUT2D eigenvalue weighted by Crippen LogP contribution is 2.47. The van der Waals surface area contributed by atoms with Crippen molar-refractivity contribution in [2.75, 3.05) is 6.54 Å². The minimum Gasteiger partial charge on any atom is -0.310 e. The number of pyridine rings is 1. The number of nitrogens with zero attached hydrogens (tertiary/aromatic N) is 1. The number of fused-ring (bicyclic) bond motifs is 1. The molecule has 1 unspecified atom stereocenters. The molecule has 1 N–H and O–H groups in total. The van der Waals surface area contributed by atoms with E-state index in [2.05, 4.69) is 60.7 Å². The maximum absolute atomic E-state index is 4.65. The lowest BCUT2D eigenvalue weighted by Crippen LogP contribution is -2.34. The first-order valence-electron chi connectivity index (χ1n) is 7.81. The lowest BCUT2D eigenvalue weighted by molar-refractivity contribution is 0.226. The second-order valence-corrected chi connectivity index (χ2v) is 6.31. The van der Waals surface area contributed by atoms with Crippen LogP contribution in [0, 0.1) is 5.41 Å². The van der Waals surface area contributed by atoms with Crippen LogP contribution in [0.1, 0.15) is 51.1 Å². The smallest absolute Gasteiger partial charge is 0.0702 e. The highest BCUT2D eigenvalue weighted by Gasteiger charge is 2.37. The Labute approximate surface area is 121 Å². The summed E-state index contributed by atoms with van der Waals surface area (Å²) < 4.78 is 0. The van der Waals surface area contributed by atoms with E-state index in [1.807, 2.05) is 0 Å². The number of para-hydroxylation sites is 1. The Kier molecular flexibility index (Phi) is 3.75. The number of hydrogen-bond donors (Lipinski definition) is 1. The second-order valence-electron chi connectivity index (χ2n) is 6.31. The third kappa shape index (κ3) is 2.45. The van der Waals surface area contributed by atoms with Crippen molar-refractivity contribution in [3.63, 3.8) is 0 Å². The van der Waals surface area contributed by atoms with Crippen LogP contribution >= 0.6 is 0 Å². The SMILES string of the molecule is CCNC(c1cnc2ccccc2c1)C1(C)CCCC1. The van der Waals surface area contributed by atoms with Gasteiger partial charge in [-0.05, 0) is 42.5 Å². The van der Waals surface area contributed by atoms with E-state index >= 15 is 0 Å². The summed E-state index contributed by atoms with van der Waals surface area (Å²) in [6.07, 6.45) is 7.42. The van der Waals surface area contributed by atoms with Gasteiger partial charge in [-0.1, -0.05) is 44.9 Å². The Morgan fingerprint density at radius 1 is 1.25 bits per heavy atom. The third-order valence-corrected chi connectivity index (χ3v) is 4.80. The number of hydrogen-bond acceptors (Lipinski definition) is 2. The van der Waals surface area contributed by atoms with Crippen LogP contribution in [0.25, 0.3) is 10.9 Å². The molecule has 2 aromatic rings. The monoisotopic (exact) mass is 268 g/mol. The first kappa shape index (κ1) is 13.6. The van der Waals surface area contributed by atoms with Gasteiger partial charge in [0.05, 0.1) is 5.52 Å². The van der Waals surface area contributed by atoms with Crippen molar-refractivity contribution in [2.24, 2.45) is 5.41 Å². The fourth-order valence-electron chi connectivity index (χ4n) is 3.69. The van der Waals surface area contributed by atoms with E-state index in [4.69, 9.17) is 0 Å². The molecule has 0 aliphatic heterocycles. The Balaban J connectivity index is 2.00. The summed E-state index contributed by atoms with van der Waals surface area (Å²) >= 11 is 0. The highest BCUT2D eigenvalue weighted by molar-refractivity contribution is 5.78. The minimum absolute atomic E-state index is 0.375. The maximum Gasteiger partial charge on any atom is 0.0702 e. The summed E-state index contributed by atoms with van der Waals surface area (Å²) in [7, 11) is 0. The number of rotatable bonds is 4. The topological polar surface area (TPSA) is 24.9 Å². The summed E-state index contributed by atoms with van der Waals surface area (Å²) in [5.41, 5.74) is 2.80. The van der Waals surface area contributed by atoms with E-state index in [1.165, 1.54) is 36.6 Å². The van der Waals surface area contributed by atoms with Crippen LogP contribution in [0.5, 0.6) is 0 Å². The van der Waals surface area contributed by atoms with Gasteiger partial charge < -0.3 is 5.32 Å². The molecule has 1 aromatic heterocycles. The average molecular weight is 268 g/mol. The summed E-state index contributed by atoms with van der Waals surface area (Å²) in [5.74, 6) is 0. The zero-order valence-corrected chi connectivity index (χ0v) is 12.5. The normalized spacial score (nSPS) is 19.3. The largest absolute Gasteiger partial charge is 0.310 e. The highest BCUT2D eigenvalue weighted by atomic mass is 14.9. The molecule has 1 heterocycles. The molecule has 1 atom stereocenters. The van der Waals surface area contributed by atoms with Crippen molar-refractivity contribution in [2.45, 2.75) is 45.6 Å². The molecule has 2 nitrogen and oxygen atoms in total. The Morgan fingerprint density at radius 3 is 2.75 bits per heavy atom. The molecule has 0 amide bonds. The summed E-state index contributed by atoms with van der Waals surface area (Å²) in [5, 5.41) is 4.95. The van der Waals surface area contributed by atoms with Crippen LogP contribution < -0.4 is 5.32 Å². The molecule has 1 aliphatic rings. The van der Waals surface area contributed by atoms with Gasteiger partial charge in [0.2, 0.25) is 0 Å². The Hall–Kier alpha value is -1.41. The van der Waals surface area contributed by atoms with Gasteiger partial charge >= 0.3 is 0 Å². The standard InChI is InChI=1S/C18H24N2/c1-3-19-17(18(2)10-6-7-11-18)15-12-14-8-4-5-9-16(14)20-13-15/h4-5,8-9,12-13,17,19H,3,6-7,10-11H2,1-2H3. The van der Waals surface area contributed by atoms with Crippen molar-refractivity contribution < 1.29 is 0 Å². The van der Waals surface area contributed by atoms with E-state index in [1.54, 1.807) is 0 Å². The average Bonchev–Trinajstić information content (AvgIpc) is 2.92. The first-order valence-corrected chi connectivity index (χ1v) is 7.81. The molecule has 1 aromatic carbocycles. The quantitative estimate of drug-likeness (QED) is 0.885. The molecular formula is C18H24N2. The van der Waals surface area contributed by atoms with E-state index < -0.39 is 0 Å². The summed E-state index contributed by atoms with van der Waals surface area (Å²) in [6, 6.07) is 11.1. The summed E-state index contributed by atoms with van der Waals surface area (Å²) in [6.45, 7) is 5.63. The van der Waals surface area contributed by atoms with Gasteiger partial charge in [0.25, 0.3) is 0 Å². The van der Waals surface area contributed by atoms with Crippen molar-refractivity contribution in [3.8, 4) is 0 Å². The van der Waals surface area contributed by atoms with Crippen LogP contribution in [-0.4, -0.2) is 11.5 Å². The van der Waals surface area contributed by atoms with E-state index in [0.29, 0.717) is 11.5 Å². The fraction of sp³-hybridized carbons (Fsp3) is 0.500. The molecule has 0 bridgehead atoms. The van der Waals surface area contributed by atoms with Crippen molar-refractivity contribution in [1.82, 2.24) is 10.3 Å². The van der Waals surface area contributed by atoms with E-state index in [-0.39, 0.29) is 0 Å². The third-order valence-electron chi connectivity index (χ3n) is 4.80. The van der Waals surface area contributed by atoms with Gasteiger partial charge in [-0.3, -0.25) is 4.98 Å². The second kappa shape index (κ2) is 5.53. The minimum atomic E-state index is 0.375. The molecule has 1 aliphatic carbocycles. The molecule has 2 heteroatoms. The lowest BCUT2D eigenvalue weighted by atomic mass is 9.77. The molecule has 20 heavy (non-hydrogen) atoms. The number of aromatic nitrogens is 1. The molecule has 0 radical (unpaired) electrons. The predicted octanol–water partition coefficient (Wildman–Crippen LogP) is 4.47. The van der Waals surface area contributed by atoms with Gasteiger partial charge in [-0.15, -0.1) is 0 Å². The van der Waals surface area contributed by atoms with Crippen LogP contribution in [-0.2, 0) is 0 Å². The van der Waals surface area contributed by atoms with Gasteiger partial charge in [0.15, 0.2) is 0 Å². The fourth-order valence-corrected chi connectivity index (χ4v) is 3.69. The van der Waals surface area contributed by atoms with Gasteiger partial charge in [0.1, 0.15) is 0 Å². The van der Waals surface area contributed by atoms with Crippen LogP contribution in [0.4, 0.5) is 0 Å². The Bertz CT molecular complexity index is 585. The zero-order valence-electron chi connectivity index (χ0n) is 12.5. The van der Waals surface area contributed by atoms with Crippen molar-refractivity contribution >= 4 is 10.9 Å². The maximum atomic E-state index is 4.65. The van der Waals surface area contributed by atoms with E-state index in [9.17, 15) is 0 Å². The van der Waals surface area contributed by atoms with Gasteiger partial charge in [0, 0.05) is 17.6 Å². The molecule has 3 rings (SSSR count). The molecule has 0 saturated heterocycles. The number of nitrogens with one attached hydrogen (secondary N) is 1. The molecule has 0 spiro atoms. The zero-order chi connectivity index (χ0) is 14.0. The summed E-state index contributed by atoms with van der Waals surface area (Å²) in [4.78, 5) is 4.65. The molecule has 1 saturated carbocycles. The molecule has 1 fully saturated rings. The molecule has 106 valence electrons. The van der Waals surface area contributed by atoms with Crippen LogP contribution in [0.2, 0.25) is 0 Å². The number of benzene rings is 1. The molecular weight excluding hydrogens is 244 g/mol. The van der Waals surface area contributed by atoms with Crippen LogP contribution in [0.15, 0.2) is 36.5 Å². The first-order chi connectivity index (χ1) is 9.73. The predicted molar refractivity (Wildman–Crippen MR) is 84.7 cm³/mol. The van der Waals surface area contributed by atoms with Crippen LogP contribution in [0.3, 0.4) is 0 Å². The van der Waals surface area contributed by atoms with Gasteiger partial charge in [-0.2, -0.15) is 0 Å². The lowest BCUT2D eigenvalue weighted by Gasteiger charge is -2.35.